The second kappa shape index (κ2) is 9.55. The molecule has 1 heterocycles. The maximum atomic E-state index is 12.5. The van der Waals surface area contributed by atoms with Crippen molar-refractivity contribution in [2.45, 2.75) is 38.5 Å². The molecule has 0 aliphatic carbocycles. The number of aromatic nitrogens is 2. The van der Waals surface area contributed by atoms with Crippen molar-refractivity contribution < 1.29 is 9.21 Å². The molecule has 1 amide bonds. The van der Waals surface area contributed by atoms with Crippen molar-refractivity contribution in [2.75, 3.05) is 5.75 Å². The molecule has 5 nitrogen and oxygen atoms in total. The first kappa shape index (κ1) is 20.1. The van der Waals surface area contributed by atoms with E-state index in [1.807, 2.05) is 61.5 Å². The van der Waals surface area contributed by atoms with Gasteiger partial charge in [-0.15, -0.1) is 10.2 Å². The molecule has 0 fully saturated rings. The number of hydrogen-bond donors (Lipinski definition) is 1. The van der Waals surface area contributed by atoms with E-state index in [9.17, 15) is 4.79 Å². The molecule has 0 aliphatic rings. The van der Waals surface area contributed by atoms with Crippen molar-refractivity contribution in [1.82, 2.24) is 15.5 Å². The molecule has 6 heteroatoms. The number of rotatable bonds is 8. The quantitative estimate of drug-likeness (QED) is 0.541. The van der Waals surface area contributed by atoms with Gasteiger partial charge in [0, 0.05) is 5.56 Å². The van der Waals surface area contributed by atoms with E-state index in [2.05, 4.69) is 29.4 Å². The number of amides is 1. The Labute approximate surface area is 170 Å². The van der Waals surface area contributed by atoms with Gasteiger partial charge in [0.05, 0.1) is 11.8 Å². The summed E-state index contributed by atoms with van der Waals surface area (Å²) >= 11 is 1.25. The molecule has 1 aromatic heterocycles. The molecule has 0 aliphatic heterocycles. The summed E-state index contributed by atoms with van der Waals surface area (Å²) in [4.78, 5) is 12.5. The second-order valence-corrected chi connectivity index (χ2v) is 8.12. The lowest BCUT2D eigenvalue weighted by Crippen LogP contribution is -2.30. The molecule has 3 aromatic rings. The van der Waals surface area contributed by atoms with Crippen LogP contribution in [0.4, 0.5) is 0 Å². The van der Waals surface area contributed by atoms with Gasteiger partial charge >= 0.3 is 0 Å². The molecule has 146 valence electrons. The van der Waals surface area contributed by atoms with Crippen LogP contribution in [0.3, 0.4) is 0 Å². The third-order valence-corrected chi connectivity index (χ3v) is 5.06. The SMILES string of the molecule is Cc1cccc(-c2nnc(SCC(=O)NC(CC(C)C)c3ccccc3)o2)c1. The third kappa shape index (κ3) is 5.70. The van der Waals surface area contributed by atoms with Crippen LogP contribution in [0, 0.1) is 12.8 Å². The molecule has 3 rings (SSSR count). The molecule has 2 aromatic carbocycles. The summed E-state index contributed by atoms with van der Waals surface area (Å²) in [6, 6.07) is 18.0. The van der Waals surface area contributed by atoms with E-state index in [0.29, 0.717) is 17.0 Å². The molecule has 0 saturated heterocycles. The topological polar surface area (TPSA) is 68.0 Å². The molecular formula is C22H25N3O2S. The minimum atomic E-state index is -0.0465. The summed E-state index contributed by atoms with van der Waals surface area (Å²) in [5, 5.41) is 11.7. The smallest absolute Gasteiger partial charge is 0.277 e. The molecule has 1 atom stereocenters. The van der Waals surface area contributed by atoms with Crippen molar-refractivity contribution in [3.05, 3.63) is 65.7 Å². The number of benzene rings is 2. The van der Waals surface area contributed by atoms with Crippen LogP contribution in [-0.2, 0) is 4.79 Å². The standard InChI is InChI=1S/C22H25N3O2S/c1-15(2)12-19(17-9-5-4-6-10-17)23-20(26)14-28-22-25-24-21(27-22)18-11-7-8-16(3)13-18/h4-11,13,15,19H,12,14H2,1-3H3,(H,23,26). The minimum Gasteiger partial charge on any atom is -0.411 e. The van der Waals surface area contributed by atoms with Gasteiger partial charge in [-0.3, -0.25) is 4.79 Å². The first-order valence-electron chi connectivity index (χ1n) is 9.39. The lowest BCUT2D eigenvalue weighted by atomic mass is 9.97. The zero-order chi connectivity index (χ0) is 19.9. The molecule has 1 unspecified atom stereocenters. The maximum Gasteiger partial charge on any atom is 0.277 e. The first-order valence-corrected chi connectivity index (χ1v) is 10.4. The van der Waals surface area contributed by atoms with Crippen molar-refractivity contribution in [3.8, 4) is 11.5 Å². The van der Waals surface area contributed by atoms with E-state index in [-0.39, 0.29) is 17.7 Å². The van der Waals surface area contributed by atoms with Gasteiger partial charge < -0.3 is 9.73 Å². The lowest BCUT2D eigenvalue weighted by Gasteiger charge is -2.21. The van der Waals surface area contributed by atoms with Crippen LogP contribution in [0.25, 0.3) is 11.5 Å². The molecule has 28 heavy (non-hydrogen) atoms. The highest BCUT2D eigenvalue weighted by Crippen LogP contribution is 2.25. The molecular weight excluding hydrogens is 370 g/mol. The predicted molar refractivity (Wildman–Crippen MR) is 112 cm³/mol. The van der Waals surface area contributed by atoms with E-state index >= 15 is 0 Å². The first-order chi connectivity index (χ1) is 13.5. The predicted octanol–water partition coefficient (Wildman–Crippen LogP) is 5.04. The van der Waals surface area contributed by atoms with Crippen LogP contribution >= 0.6 is 11.8 Å². The van der Waals surface area contributed by atoms with Crippen LogP contribution in [-0.4, -0.2) is 21.9 Å². The number of thioether (sulfide) groups is 1. The van der Waals surface area contributed by atoms with Crippen molar-refractivity contribution in [1.29, 1.82) is 0 Å². The van der Waals surface area contributed by atoms with Gasteiger partial charge in [0.1, 0.15) is 0 Å². The van der Waals surface area contributed by atoms with E-state index in [0.717, 1.165) is 23.1 Å². The summed E-state index contributed by atoms with van der Waals surface area (Å²) < 4.78 is 5.69. The summed E-state index contributed by atoms with van der Waals surface area (Å²) in [6.45, 7) is 6.32. The van der Waals surface area contributed by atoms with Gasteiger partial charge in [-0.1, -0.05) is 73.6 Å². The van der Waals surface area contributed by atoms with Crippen LogP contribution in [0.5, 0.6) is 0 Å². The van der Waals surface area contributed by atoms with Crippen molar-refractivity contribution in [3.63, 3.8) is 0 Å². The number of nitrogens with zero attached hydrogens (tertiary/aromatic N) is 2. The van der Waals surface area contributed by atoms with Gasteiger partial charge in [-0.05, 0) is 37.0 Å². The summed E-state index contributed by atoms with van der Waals surface area (Å²) in [7, 11) is 0. The Morgan fingerprint density at radius 1 is 1.11 bits per heavy atom. The number of aryl methyl sites for hydroxylation is 1. The van der Waals surface area contributed by atoms with E-state index < -0.39 is 0 Å². The maximum absolute atomic E-state index is 12.5. The average molecular weight is 396 g/mol. The Morgan fingerprint density at radius 2 is 1.89 bits per heavy atom. The fourth-order valence-electron chi connectivity index (χ4n) is 2.96. The van der Waals surface area contributed by atoms with Gasteiger partial charge in [-0.2, -0.15) is 0 Å². The van der Waals surface area contributed by atoms with Crippen molar-refractivity contribution in [2.24, 2.45) is 5.92 Å². The Hall–Kier alpha value is -2.60. The highest BCUT2D eigenvalue weighted by atomic mass is 32.2. The molecule has 0 saturated carbocycles. The summed E-state index contributed by atoms with van der Waals surface area (Å²) in [5.41, 5.74) is 3.13. The highest BCUT2D eigenvalue weighted by Gasteiger charge is 2.17. The molecule has 1 N–H and O–H groups in total. The van der Waals surface area contributed by atoms with Crippen LogP contribution < -0.4 is 5.32 Å². The largest absolute Gasteiger partial charge is 0.411 e. The fourth-order valence-corrected chi connectivity index (χ4v) is 3.54. The lowest BCUT2D eigenvalue weighted by molar-refractivity contribution is -0.119. The van der Waals surface area contributed by atoms with E-state index in [1.54, 1.807) is 0 Å². The number of carbonyl (C=O) groups excluding carboxylic acids is 1. The number of hydrogen-bond acceptors (Lipinski definition) is 5. The molecule has 0 bridgehead atoms. The Morgan fingerprint density at radius 3 is 2.61 bits per heavy atom. The van der Waals surface area contributed by atoms with Crippen LogP contribution in [0.1, 0.15) is 37.4 Å². The molecule has 0 radical (unpaired) electrons. The third-order valence-electron chi connectivity index (χ3n) is 4.24. The van der Waals surface area contributed by atoms with Crippen LogP contribution in [0.2, 0.25) is 0 Å². The van der Waals surface area contributed by atoms with E-state index in [1.165, 1.54) is 11.8 Å². The monoisotopic (exact) mass is 395 g/mol. The van der Waals surface area contributed by atoms with Crippen molar-refractivity contribution >= 4 is 17.7 Å². The Kier molecular flexibility index (Phi) is 6.87. The fraction of sp³-hybridized carbons (Fsp3) is 0.318. The van der Waals surface area contributed by atoms with Crippen LogP contribution in [0.15, 0.2) is 64.2 Å². The van der Waals surface area contributed by atoms with Gasteiger partial charge in [0.25, 0.3) is 5.22 Å². The van der Waals surface area contributed by atoms with E-state index in [4.69, 9.17) is 4.42 Å². The van der Waals surface area contributed by atoms with Gasteiger partial charge in [-0.25, -0.2) is 0 Å². The highest BCUT2D eigenvalue weighted by molar-refractivity contribution is 7.99. The van der Waals surface area contributed by atoms with Gasteiger partial charge in [0.2, 0.25) is 11.8 Å². The molecule has 0 spiro atoms. The zero-order valence-electron chi connectivity index (χ0n) is 16.4. The Bertz CT molecular complexity index is 909. The summed E-state index contributed by atoms with van der Waals surface area (Å²) in [5.74, 6) is 1.13. The van der Waals surface area contributed by atoms with Gasteiger partial charge in [0.15, 0.2) is 0 Å². The minimum absolute atomic E-state index is 0.000148. The average Bonchev–Trinajstić information content (AvgIpc) is 3.15. The number of nitrogens with one attached hydrogen (secondary N) is 1. The normalized spacial score (nSPS) is 12.1. The summed E-state index contributed by atoms with van der Waals surface area (Å²) in [6.07, 6.45) is 0.887. The second-order valence-electron chi connectivity index (χ2n) is 7.19. The Balaban J connectivity index is 1.59. The zero-order valence-corrected chi connectivity index (χ0v) is 17.2. The number of carbonyl (C=O) groups is 1.